The number of nitrogens with zero attached hydrogens (tertiary/aromatic N) is 3. The maximum atomic E-state index is 13.1. The van der Waals surface area contributed by atoms with Crippen LogP contribution in [0.1, 0.15) is 48.5 Å². The van der Waals surface area contributed by atoms with Gasteiger partial charge >= 0.3 is 0 Å². The molecule has 1 saturated heterocycles. The van der Waals surface area contributed by atoms with Crippen LogP contribution >= 0.6 is 0 Å². The molecule has 3 heterocycles. The first-order chi connectivity index (χ1) is 15.0. The lowest BCUT2D eigenvalue weighted by molar-refractivity contribution is 0.0956. The van der Waals surface area contributed by atoms with Crippen molar-refractivity contribution in [2.24, 2.45) is 0 Å². The Balaban J connectivity index is 1.29. The second-order valence-corrected chi connectivity index (χ2v) is 9.41. The van der Waals surface area contributed by atoms with Crippen LogP contribution in [0.4, 0.5) is 15.8 Å². The van der Waals surface area contributed by atoms with Crippen molar-refractivity contribution < 1.29 is 9.18 Å². The summed E-state index contributed by atoms with van der Waals surface area (Å²) in [7, 11) is 2.21. The molecule has 0 bridgehead atoms. The molecule has 164 valence electrons. The van der Waals surface area contributed by atoms with Crippen molar-refractivity contribution >= 4 is 17.2 Å². The Morgan fingerprint density at radius 2 is 1.94 bits per heavy atom. The number of likely N-dealkylation sites (N-methyl/N-ethyl adjacent to an activating group) is 1. The average Bonchev–Trinajstić information content (AvgIpc) is 3.07. The van der Waals surface area contributed by atoms with E-state index in [4.69, 9.17) is 0 Å². The summed E-state index contributed by atoms with van der Waals surface area (Å²) in [5.41, 5.74) is 5.16. The summed E-state index contributed by atoms with van der Waals surface area (Å²) in [5, 5.41) is 0. The van der Waals surface area contributed by atoms with Gasteiger partial charge in [0.15, 0.2) is 5.78 Å². The number of anilines is 2. The van der Waals surface area contributed by atoms with Crippen molar-refractivity contribution in [3.63, 3.8) is 0 Å². The second kappa shape index (κ2) is 7.94. The highest BCUT2D eigenvalue weighted by Crippen LogP contribution is 2.55. The molecule has 2 aromatic carbocycles. The van der Waals surface area contributed by atoms with Gasteiger partial charge in [-0.25, -0.2) is 4.39 Å². The zero-order valence-corrected chi connectivity index (χ0v) is 18.6. The summed E-state index contributed by atoms with van der Waals surface area (Å²) in [4.78, 5) is 20.1. The predicted octanol–water partition coefficient (Wildman–Crippen LogP) is 4.48. The minimum Gasteiger partial charge on any atom is -0.371 e. The van der Waals surface area contributed by atoms with Crippen LogP contribution < -0.4 is 9.80 Å². The van der Waals surface area contributed by atoms with Crippen LogP contribution in [0, 0.1) is 5.82 Å². The number of hydrogen-bond donors (Lipinski definition) is 0. The Morgan fingerprint density at radius 1 is 1.13 bits per heavy atom. The van der Waals surface area contributed by atoms with E-state index >= 15 is 0 Å². The lowest BCUT2D eigenvalue weighted by atomic mass is 9.70. The Kier molecular flexibility index (Phi) is 5.25. The summed E-state index contributed by atoms with van der Waals surface area (Å²) < 4.78 is 13.1. The van der Waals surface area contributed by atoms with Gasteiger partial charge in [-0.2, -0.15) is 0 Å². The highest BCUT2D eigenvalue weighted by molar-refractivity contribution is 5.96. The van der Waals surface area contributed by atoms with Crippen molar-refractivity contribution in [2.75, 3.05) is 49.6 Å². The summed E-state index contributed by atoms with van der Waals surface area (Å²) in [6.45, 7) is 7.63. The number of piperidine rings is 1. The van der Waals surface area contributed by atoms with Gasteiger partial charge in [0.1, 0.15) is 5.82 Å². The van der Waals surface area contributed by atoms with Crippen molar-refractivity contribution in [1.29, 1.82) is 0 Å². The number of fused-ring (bicyclic) bond motifs is 3. The molecule has 3 aliphatic rings. The van der Waals surface area contributed by atoms with Crippen LogP contribution in [-0.2, 0) is 5.41 Å². The first kappa shape index (κ1) is 20.5. The SMILES string of the molecule is CCC12CN(CCCC(=O)c3ccc(F)cc3)CCC1N1CCN(C)c3cccc2c31. The van der Waals surface area contributed by atoms with Crippen molar-refractivity contribution in [3.05, 3.63) is 59.4 Å². The Morgan fingerprint density at radius 3 is 2.71 bits per heavy atom. The monoisotopic (exact) mass is 421 g/mol. The minimum absolute atomic E-state index is 0.107. The van der Waals surface area contributed by atoms with Crippen LogP contribution in [0.25, 0.3) is 0 Å². The molecular weight excluding hydrogens is 389 g/mol. The van der Waals surface area contributed by atoms with Crippen LogP contribution in [0.5, 0.6) is 0 Å². The molecule has 0 spiro atoms. The molecule has 1 fully saturated rings. The van der Waals surface area contributed by atoms with E-state index in [1.807, 2.05) is 0 Å². The quantitative estimate of drug-likeness (QED) is 0.643. The normalized spacial score (nSPS) is 24.8. The fourth-order valence-electron chi connectivity index (χ4n) is 6.20. The van der Waals surface area contributed by atoms with Crippen LogP contribution in [-0.4, -0.2) is 56.5 Å². The van der Waals surface area contributed by atoms with E-state index in [2.05, 4.69) is 46.9 Å². The van der Waals surface area contributed by atoms with Gasteiger partial charge in [-0.15, -0.1) is 0 Å². The number of hydrogen-bond acceptors (Lipinski definition) is 4. The molecule has 0 amide bonds. The lowest BCUT2D eigenvalue weighted by Crippen LogP contribution is -2.57. The van der Waals surface area contributed by atoms with Crippen LogP contribution in [0.3, 0.4) is 0 Å². The predicted molar refractivity (Wildman–Crippen MR) is 124 cm³/mol. The molecule has 2 aromatic rings. The Labute approximate surface area is 184 Å². The largest absolute Gasteiger partial charge is 0.371 e. The highest BCUT2D eigenvalue weighted by atomic mass is 19.1. The molecule has 2 unspecified atom stereocenters. The van der Waals surface area contributed by atoms with E-state index in [0.29, 0.717) is 18.0 Å². The number of halogens is 1. The summed E-state index contributed by atoms with van der Waals surface area (Å²) in [6.07, 6.45) is 3.68. The van der Waals surface area contributed by atoms with Gasteiger partial charge in [0.05, 0.1) is 11.4 Å². The average molecular weight is 422 g/mol. The van der Waals surface area contributed by atoms with Crippen LogP contribution in [0.2, 0.25) is 0 Å². The molecular formula is C26H32FN3O. The van der Waals surface area contributed by atoms with Gasteiger partial charge in [0.2, 0.25) is 0 Å². The third-order valence-corrected chi connectivity index (χ3v) is 7.84. The molecule has 5 heteroatoms. The Bertz CT molecular complexity index is 975. The summed E-state index contributed by atoms with van der Waals surface area (Å²) in [6, 6.07) is 13.4. The fourth-order valence-corrected chi connectivity index (χ4v) is 6.20. The maximum absolute atomic E-state index is 13.1. The topological polar surface area (TPSA) is 26.8 Å². The fraction of sp³-hybridized carbons (Fsp3) is 0.500. The van der Waals surface area contributed by atoms with Gasteiger partial charge in [0, 0.05) is 56.7 Å². The molecule has 0 saturated carbocycles. The van der Waals surface area contributed by atoms with Gasteiger partial charge < -0.3 is 14.7 Å². The van der Waals surface area contributed by atoms with E-state index in [9.17, 15) is 9.18 Å². The Hall–Kier alpha value is -2.40. The van der Waals surface area contributed by atoms with E-state index in [-0.39, 0.29) is 17.0 Å². The number of ketones is 1. The molecule has 0 aromatic heterocycles. The standard InChI is InChI=1S/C26H32FN3O/c1-3-26-18-29(14-5-8-23(31)19-9-11-20(27)12-10-19)15-13-24(26)30-17-16-28(2)22-7-4-6-21(26)25(22)30/h4,6-7,9-12,24H,3,5,8,13-18H2,1-2H3. The molecule has 3 aliphatic heterocycles. The molecule has 2 atom stereocenters. The zero-order chi connectivity index (χ0) is 21.6. The molecule has 0 N–H and O–H groups in total. The molecule has 31 heavy (non-hydrogen) atoms. The van der Waals surface area contributed by atoms with Crippen LogP contribution in [0.15, 0.2) is 42.5 Å². The van der Waals surface area contributed by atoms with E-state index in [1.54, 1.807) is 12.1 Å². The van der Waals surface area contributed by atoms with E-state index in [0.717, 1.165) is 45.6 Å². The minimum atomic E-state index is -0.298. The van der Waals surface area contributed by atoms with Crippen molar-refractivity contribution in [2.45, 2.75) is 44.1 Å². The number of carbonyl (C=O) groups is 1. The van der Waals surface area contributed by atoms with E-state index < -0.39 is 0 Å². The maximum Gasteiger partial charge on any atom is 0.162 e. The van der Waals surface area contributed by atoms with Gasteiger partial charge in [-0.3, -0.25) is 4.79 Å². The highest BCUT2D eigenvalue weighted by Gasteiger charge is 2.53. The van der Waals surface area contributed by atoms with Crippen molar-refractivity contribution in [3.8, 4) is 0 Å². The first-order valence-corrected chi connectivity index (χ1v) is 11.7. The van der Waals surface area contributed by atoms with Gasteiger partial charge in [-0.05, 0) is 61.7 Å². The van der Waals surface area contributed by atoms with Gasteiger partial charge in [-0.1, -0.05) is 19.1 Å². The molecule has 0 aliphatic carbocycles. The third kappa shape index (κ3) is 3.34. The van der Waals surface area contributed by atoms with Gasteiger partial charge in [0.25, 0.3) is 0 Å². The second-order valence-electron chi connectivity index (χ2n) is 9.41. The number of benzene rings is 2. The van der Waals surface area contributed by atoms with E-state index in [1.165, 1.54) is 35.5 Å². The zero-order valence-electron chi connectivity index (χ0n) is 18.6. The number of para-hydroxylation sites is 1. The molecule has 0 radical (unpaired) electrons. The smallest absolute Gasteiger partial charge is 0.162 e. The van der Waals surface area contributed by atoms with Crippen molar-refractivity contribution in [1.82, 2.24) is 4.90 Å². The summed E-state index contributed by atoms with van der Waals surface area (Å²) >= 11 is 0. The third-order valence-electron chi connectivity index (χ3n) is 7.84. The number of rotatable bonds is 6. The number of carbonyl (C=O) groups excluding carboxylic acids is 1. The lowest BCUT2D eigenvalue weighted by Gasteiger charge is -2.48. The molecule has 5 rings (SSSR count). The first-order valence-electron chi connectivity index (χ1n) is 11.7. The summed E-state index contributed by atoms with van der Waals surface area (Å²) in [5.74, 6) is -0.190. The number of Topliss-reactive ketones (excluding diaryl/α,β-unsaturated/α-hetero) is 1. The number of likely N-dealkylation sites (tertiary alicyclic amines) is 1. The molecule has 4 nitrogen and oxygen atoms in total.